The minimum atomic E-state index is 1.02. The van der Waals surface area contributed by atoms with Gasteiger partial charge in [0.05, 0.1) is 11.2 Å². The standard InChI is InChI=1S/C17H12N2/c1-2-7-13(8-3-1)16-15-11-10-12-6-4-5-9-14(12)17(15)19-18-16/h1-11H,(H,18,19). The Morgan fingerprint density at radius 1 is 0.684 bits per heavy atom. The molecular formula is C17H12N2. The molecule has 0 aliphatic carbocycles. The Hall–Kier alpha value is -2.61. The van der Waals surface area contributed by atoms with Crippen LogP contribution in [0.3, 0.4) is 0 Å². The van der Waals surface area contributed by atoms with E-state index in [-0.39, 0.29) is 0 Å². The largest absolute Gasteiger partial charge is 0.277 e. The minimum absolute atomic E-state index is 1.02. The van der Waals surface area contributed by atoms with Crippen molar-refractivity contribution in [2.45, 2.75) is 0 Å². The van der Waals surface area contributed by atoms with Crippen molar-refractivity contribution in [1.29, 1.82) is 0 Å². The molecule has 1 heterocycles. The van der Waals surface area contributed by atoms with Crippen LogP contribution in [0, 0.1) is 0 Å². The van der Waals surface area contributed by atoms with E-state index >= 15 is 0 Å². The number of nitrogens with zero attached hydrogens (tertiary/aromatic N) is 1. The third kappa shape index (κ3) is 1.54. The van der Waals surface area contributed by atoms with E-state index < -0.39 is 0 Å². The van der Waals surface area contributed by atoms with Crippen molar-refractivity contribution in [3.63, 3.8) is 0 Å². The van der Waals surface area contributed by atoms with Gasteiger partial charge in [-0.15, -0.1) is 0 Å². The van der Waals surface area contributed by atoms with Gasteiger partial charge in [0.15, 0.2) is 0 Å². The van der Waals surface area contributed by atoms with Crippen LogP contribution in [0.5, 0.6) is 0 Å². The van der Waals surface area contributed by atoms with Crippen LogP contribution in [0.25, 0.3) is 32.9 Å². The Bertz CT molecular complexity index is 860. The zero-order chi connectivity index (χ0) is 12.7. The first-order chi connectivity index (χ1) is 9.43. The Labute approximate surface area is 110 Å². The van der Waals surface area contributed by atoms with Gasteiger partial charge in [-0.3, -0.25) is 5.10 Å². The number of H-pyrrole nitrogens is 1. The molecule has 0 amide bonds. The molecule has 0 fully saturated rings. The molecule has 1 aromatic heterocycles. The molecule has 0 aliphatic heterocycles. The SMILES string of the molecule is c1ccc(-c2n[nH]c3c2ccc2ccccc23)cc1. The second kappa shape index (κ2) is 3.95. The molecule has 2 nitrogen and oxygen atoms in total. The minimum Gasteiger partial charge on any atom is -0.277 e. The monoisotopic (exact) mass is 244 g/mol. The highest BCUT2D eigenvalue weighted by Crippen LogP contribution is 2.30. The van der Waals surface area contributed by atoms with Crippen LogP contribution in [-0.2, 0) is 0 Å². The smallest absolute Gasteiger partial charge is 0.0999 e. The van der Waals surface area contributed by atoms with Gasteiger partial charge in [0.25, 0.3) is 0 Å². The maximum atomic E-state index is 4.49. The molecule has 0 unspecified atom stereocenters. The van der Waals surface area contributed by atoms with E-state index in [0.29, 0.717) is 0 Å². The van der Waals surface area contributed by atoms with Gasteiger partial charge in [-0.25, -0.2) is 0 Å². The van der Waals surface area contributed by atoms with Gasteiger partial charge in [0.2, 0.25) is 0 Å². The maximum absolute atomic E-state index is 4.49. The molecule has 90 valence electrons. The van der Waals surface area contributed by atoms with Crippen molar-refractivity contribution in [2.24, 2.45) is 0 Å². The van der Waals surface area contributed by atoms with E-state index in [4.69, 9.17) is 0 Å². The van der Waals surface area contributed by atoms with Crippen LogP contribution in [0.1, 0.15) is 0 Å². The van der Waals surface area contributed by atoms with Gasteiger partial charge < -0.3 is 0 Å². The summed E-state index contributed by atoms with van der Waals surface area (Å²) >= 11 is 0. The van der Waals surface area contributed by atoms with E-state index in [1.165, 1.54) is 16.2 Å². The lowest BCUT2D eigenvalue weighted by atomic mass is 10.0. The van der Waals surface area contributed by atoms with Crippen LogP contribution >= 0.6 is 0 Å². The summed E-state index contributed by atoms with van der Waals surface area (Å²) in [5.41, 5.74) is 3.27. The van der Waals surface area contributed by atoms with E-state index in [1.54, 1.807) is 0 Å². The second-order valence-electron chi connectivity index (χ2n) is 4.65. The number of fused-ring (bicyclic) bond motifs is 3. The normalized spacial score (nSPS) is 11.2. The predicted molar refractivity (Wildman–Crippen MR) is 79.0 cm³/mol. The van der Waals surface area contributed by atoms with Gasteiger partial charge in [-0.2, -0.15) is 5.10 Å². The summed E-state index contributed by atoms with van der Waals surface area (Å²) < 4.78 is 0. The number of benzene rings is 3. The van der Waals surface area contributed by atoms with E-state index in [0.717, 1.165) is 16.8 Å². The number of hydrogen-bond donors (Lipinski definition) is 1. The molecule has 0 spiro atoms. The van der Waals surface area contributed by atoms with Crippen molar-refractivity contribution < 1.29 is 0 Å². The van der Waals surface area contributed by atoms with Crippen molar-refractivity contribution >= 4 is 21.7 Å². The quantitative estimate of drug-likeness (QED) is 0.528. The summed E-state index contributed by atoms with van der Waals surface area (Å²) in [7, 11) is 0. The molecule has 1 N–H and O–H groups in total. The zero-order valence-corrected chi connectivity index (χ0v) is 10.3. The summed E-state index contributed by atoms with van der Waals surface area (Å²) in [6, 6.07) is 22.9. The fraction of sp³-hybridized carbons (Fsp3) is 0. The summed E-state index contributed by atoms with van der Waals surface area (Å²) in [6.07, 6.45) is 0. The Morgan fingerprint density at radius 2 is 1.47 bits per heavy atom. The third-order valence-electron chi connectivity index (χ3n) is 3.51. The summed E-state index contributed by atoms with van der Waals surface area (Å²) in [5, 5.41) is 11.3. The molecule has 4 rings (SSSR count). The fourth-order valence-electron chi connectivity index (χ4n) is 2.58. The van der Waals surface area contributed by atoms with Gasteiger partial charge in [-0.1, -0.05) is 60.7 Å². The third-order valence-corrected chi connectivity index (χ3v) is 3.51. The molecule has 2 heteroatoms. The van der Waals surface area contributed by atoms with Crippen molar-refractivity contribution in [1.82, 2.24) is 10.2 Å². The van der Waals surface area contributed by atoms with Gasteiger partial charge in [-0.05, 0) is 11.5 Å². The van der Waals surface area contributed by atoms with Crippen LogP contribution in [0.15, 0.2) is 66.7 Å². The highest BCUT2D eigenvalue weighted by molar-refractivity contribution is 6.09. The highest BCUT2D eigenvalue weighted by atomic mass is 15.1. The van der Waals surface area contributed by atoms with Gasteiger partial charge >= 0.3 is 0 Å². The molecule has 0 saturated carbocycles. The number of aromatic nitrogens is 2. The number of aromatic amines is 1. The topological polar surface area (TPSA) is 28.7 Å². The molecule has 0 aliphatic rings. The summed E-state index contributed by atoms with van der Waals surface area (Å²) in [4.78, 5) is 0. The first-order valence-electron chi connectivity index (χ1n) is 6.35. The lowest BCUT2D eigenvalue weighted by Crippen LogP contribution is -1.77. The number of hydrogen-bond acceptors (Lipinski definition) is 1. The zero-order valence-electron chi connectivity index (χ0n) is 10.3. The molecule has 3 aromatic carbocycles. The van der Waals surface area contributed by atoms with Crippen LogP contribution in [-0.4, -0.2) is 10.2 Å². The Balaban J connectivity index is 2.08. The average Bonchev–Trinajstić information content (AvgIpc) is 2.92. The van der Waals surface area contributed by atoms with Gasteiger partial charge in [0, 0.05) is 16.3 Å². The maximum Gasteiger partial charge on any atom is 0.0999 e. The lowest BCUT2D eigenvalue weighted by molar-refractivity contribution is 1.13. The molecule has 0 atom stereocenters. The van der Waals surface area contributed by atoms with E-state index in [2.05, 4.69) is 58.7 Å². The predicted octanol–water partition coefficient (Wildman–Crippen LogP) is 4.38. The van der Waals surface area contributed by atoms with Crippen LogP contribution in [0.2, 0.25) is 0 Å². The van der Waals surface area contributed by atoms with Gasteiger partial charge in [0.1, 0.15) is 0 Å². The van der Waals surface area contributed by atoms with E-state index in [1.807, 2.05) is 18.2 Å². The molecule has 4 aromatic rings. The highest BCUT2D eigenvalue weighted by Gasteiger charge is 2.09. The lowest BCUT2D eigenvalue weighted by Gasteiger charge is -2.00. The first-order valence-corrected chi connectivity index (χ1v) is 6.35. The van der Waals surface area contributed by atoms with Crippen LogP contribution < -0.4 is 0 Å². The van der Waals surface area contributed by atoms with Crippen molar-refractivity contribution in [2.75, 3.05) is 0 Å². The Morgan fingerprint density at radius 3 is 2.37 bits per heavy atom. The summed E-state index contributed by atoms with van der Waals surface area (Å²) in [6.45, 7) is 0. The average molecular weight is 244 g/mol. The molecule has 19 heavy (non-hydrogen) atoms. The van der Waals surface area contributed by atoms with Crippen molar-refractivity contribution in [3.8, 4) is 11.3 Å². The fourth-order valence-corrected chi connectivity index (χ4v) is 2.58. The number of rotatable bonds is 1. The first kappa shape index (κ1) is 10.3. The molecule has 0 radical (unpaired) electrons. The summed E-state index contributed by atoms with van der Waals surface area (Å²) in [5.74, 6) is 0. The second-order valence-corrected chi connectivity index (χ2v) is 4.65. The molecular weight excluding hydrogens is 232 g/mol. The Kier molecular flexibility index (Phi) is 2.15. The van der Waals surface area contributed by atoms with Crippen LogP contribution in [0.4, 0.5) is 0 Å². The molecule has 0 bridgehead atoms. The number of nitrogens with one attached hydrogen (secondary N) is 1. The van der Waals surface area contributed by atoms with E-state index in [9.17, 15) is 0 Å². The molecule has 0 saturated heterocycles. The van der Waals surface area contributed by atoms with Crippen molar-refractivity contribution in [3.05, 3.63) is 66.7 Å².